The van der Waals surface area contributed by atoms with Gasteiger partial charge in [-0.3, -0.25) is 14.4 Å². The zero-order chi connectivity index (χ0) is 23.8. The molecule has 2 unspecified atom stereocenters. The summed E-state index contributed by atoms with van der Waals surface area (Å²) in [6.45, 7) is 6.22. The molecular formula is C25H41NO5S. The topological polar surface area (TPSA) is 81.7 Å². The van der Waals surface area contributed by atoms with Gasteiger partial charge in [-0.15, -0.1) is 11.3 Å². The smallest absolute Gasteiger partial charge is 0.303 e. The molecule has 1 rings (SSSR count). The number of aryl methyl sites for hydroxylation is 1. The summed E-state index contributed by atoms with van der Waals surface area (Å²) in [5.41, 5.74) is 0. The Labute approximate surface area is 197 Å². The maximum absolute atomic E-state index is 11.7. The monoisotopic (exact) mass is 467 g/mol. The molecule has 1 amide bonds. The van der Waals surface area contributed by atoms with E-state index in [0.717, 1.165) is 17.7 Å². The number of rotatable bonds is 17. The number of hydrogen-bond donors (Lipinski definition) is 1. The van der Waals surface area contributed by atoms with Crippen molar-refractivity contribution in [2.24, 2.45) is 0 Å². The predicted octanol–water partition coefficient (Wildman–Crippen LogP) is 5.88. The van der Waals surface area contributed by atoms with Crippen LogP contribution in [0.4, 0.5) is 0 Å². The standard InChI is InChI=1S/C25H41NO5S/c1-5-6-7-8-9-10-11-12-13-14-15-22-16-17-24(32-22)25(31-21(4)29)23(26-19(2)27)18-30-20(3)28/h16-17,23,25H,5-15,18H2,1-4H3,(H,26,27). The summed E-state index contributed by atoms with van der Waals surface area (Å²) in [5, 5.41) is 2.75. The molecule has 2 atom stereocenters. The van der Waals surface area contributed by atoms with Gasteiger partial charge in [-0.1, -0.05) is 64.7 Å². The molecule has 0 spiro atoms. The van der Waals surface area contributed by atoms with E-state index in [9.17, 15) is 14.4 Å². The van der Waals surface area contributed by atoms with Gasteiger partial charge in [0.15, 0.2) is 6.10 Å². The predicted molar refractivity (Wildman–Crippen MR) is 129 cm³/mol. The van der Waals surface area contributed by atoms with E-state index in [-0.39, 0.29) is 12.5 Å². The molecule has 32 heavy (non-hydrogen) atoms. The molecule has 0 aromatic carbocycles. The van der Waals surface area contributed by atoms with E-state index in [2.05, 4.69) is 18.3 Å². The molecule has 6 nitrogen and oxygen atoms in total. The van der Waals surface area contributed by atoms with E-state index in [4.69, 9.17) is 9.47 Å². The Bertz CT molecular complexity index is 688. The highest BCUT2D eigenvalue weighted by Crippen LogP contribution is 2.30. The summed E-state index contributed by atoms with van der Waals surface area (Å²) in [6.07, 6.45) is 13.3. The lowest BCUT2D eigenvalue weighted by molar-refractivity contribution is -0.152. The number of amides is 1. The van der Waals surface area contributed by atoms with Crippen molar-refractivity contribution in [2.75, 3.05) is 6.61 Å². The lowest BCUT2D eigenvalue weighted by Gasteiger charge is -2.26. The van der Waals surface area contributed by atoms with Crippen LogP contribution in [0, 0.1) is 0 Å². The van der Waals surface area contributed by atoms with Crippen LogP contribution in [-0.4, -0.2) is 30.5 Å². The van der Waals surface area contributed by atoms with Crippen molar-refractivity contribution in [3.05, 3.63) is 21.9 Å². The molecule has 1 heterocycles. The van der Waals surface area contributed by atoms with Gasteiger partial charge in [-0.05, 0) is 25.0 Å². The molecule has 0 fully saturated rings. The third-order valence-electron chi connectivity index (χ3n) is 5.25. The first-order chi connectivity index (χ1) is 15.3. The summed E-state index contributed by atoms with van der Waals surface area (Å²) < 4.78 is 10.6. The Kier molecular flexibility index (Phi) is 14.7. The molecule has 0 bridgehead atoms. The third-order valence-corrected chi connectivity index (χ3v) is 6.46. The molecule has 1 aromatic heterocycles. The molecule has 0 aliphatic heterocycles. The third kappa shape index (κ3) is 12.8. The first kappa shape index (κ1) is 28.1. The Morgan fingerprint density at radius 3 is 2.00 bits per heavy atom. The number of hydrogen-bond acceptors (Lipinski definition) is 6. The quantitative estimate of drug-likeness (QED) is 0.228. The first-order valence-electron chi connectivity index (χ1n) is 12.0. The summed E-state index contributed by atoms with van der Waals surface area (Å²) in [5.74, 6) is -1.17. The van der Waals surface area contributed by atoms with Crippen LogP contribution < -0.4 is 5.32 Å². The number of carbonyl (C=O) groups excluding carboxylic acids is 3. The molecular weight excluding hydrogens is 426 g/mol. The molecule has 1 aromatic rings. The zero-order valence-electron chi connectivity index (χ0n) is 20.2. The minimum Gasteiger partial charge on any atom is -0.464 e. The average molecular weight is 468 g/mol. The van der Waals surface area contributed by atoms with Crippen LogP contribution >= 0.6 is 11.3 Å². The van der Waals surface area contributed by atoms with Gasteiger partial charge in [0, 0.05) is 30.5 Å². The normalized spacial score (nSPS) is 12.8. The Morgan fingerprint density at radius 1 is 0.875 bits per heavy atom. The number of carbonyl (C=O) groups is 3. The van der Waals surface area contributed by atoms with Crippen LogP contribution in [0.2, 0.25) is 0 Å². The highest BCUT2D eigenvalue weighted by Gasteiger charge is 2.29. The van der Waals surface area contributed by atoms with Crippen molar-refractivity contribution < 1.29 is 23.9 Å². The number of esters is 2. The van der Waals surface area contributed by atoms with E-state index in [0.29, 0.717) is 0 Å². The summed E-state index contributed by atoms with van der Waals surface area (Å²) in [6, 6.07) is 3.36. The van der Waals surface area contributed by atoms with Gasteiger partial charge in [0.1, 0.15) is 12.6 Å². The van der Waals surface area contributed by atoms with Crippen molar-refractivity contribution in [2.45, 2.75) is 110 Å². The van der Waals surface area contributed by atoms with Crippen LogP contribution in [-0.2, 0) is 30.3 Å². The Balaban J connectivity index is 2.54. The van der Waals surface area contributed by atoms with Crippen molar-refractivity contribution in [3.8, 4) is 0 Å². The largest absolute Gasteiger partial charge is 0.464 e. The van der Waals surface area contributed by atoms with E-state index >= 15 is 0 Å². The van der Waals surface area contributed by atoms with Crippen LogP contribution in [0.1, 0.15) is 108 Å². The lowest BCUT2D eigenvalue weighted by atomic mass is 10.1. The van der Waals surface area contributed by atoms with E-state index in [1.807, 2.05) is 6.07 Å². The molecule has 0 aliphatic carbocycles. The number of unbranched alkanes of at least 4 members (excludes halogenated alkanes) is 9. The summed E-state index contributed by atoms with van der Waals surface area (Å²) in [7, 11) is 0. The lowest BCUT2D eigenvalue weighted by Crippen LogP contribution is -2.43. The fraction of sp³-hybridized carbons (Fsp3) is 0.720. The minimum absolute atomic E-state index is 0.0570. The van der Waals surface area contributed by atoms with Crippen LogP contribution in [0.15, 0.2) is 12.1 Å². The minimum atomic E-state index is -0.692. The molecule has 7 heteroatoms. The van der Waals surface area contributed by atoms with Crippen LogP contribution in [0.5, 0.6) is 0 Å². The second-order valence-electron chi connectivity index (χ2n) is 8.38. The van der Waals surface area contributed by atoms with Gasteiger partial charge in [-0.25, -0.2) is 0 Å². The maximum atomic E-state index is 11.7. The molecule has 0 saturated heterocycles. The van der Waals surface area contributed by atoms with E-state index in [1.165, 1.54) is 83.4 Å². The highest BCUT2D eigenvalue weighted by atomic mass is 32.1. The van der Waals surface area contributed by atoms with Crippen molar-refractivity contribution in [3.63, 3.8) is 0 Å². The second kappa shape index (κ2) is 16.7. The van der Waals surface area contributed by atoms with Crippen molar-refractivity contribution in [1.82, 2.24) is 5.32 Å². The molecule has 1 N–H and O–H groups in total. The summed E-state index contributed by atoms with van der Waals surface area (Å²) in [4.78, 5) is 36.7. The highest BCUT2D eigenvalue weighted by molar-refractivity contribution is 7.12. The maximum Gasteiger partial charge on any atom is 0.303 e. The van der Waals surface area contributed by atoms with Crippen molar-refractivity contribution >= 4 is 29.2 Å². The average Bonchev–Trinajstić information content (AvgIpc) is 3.19. The van der Waals surface area contributed by atoms with Crippen LogP contribution in [0.25, 0.3) is 0 Å². The molecule has 0 aliphatic rings. The van der Waals surface area contributed by atoms with Gasteiger partial charge < -0.3 is 14.8 Å². The van der Waals surface area contributed by atoms with Gasteiger partial charge in [-0.2, -0.15) is 0 Å². The van der Waals surface area contributed by atoms with Gasteiger partial charge >= 0.3 is 11.9 Å². The fourth-order valence-electron chi connectivity index (χ4n) is 3.66. The zero-order valence-corrected chi connectivity index (χ0v) is 21.1. The number of thiophene rings is 1. The van der Waals surface area contributed by atoms with Crippen molar-refractivity contribution in [1.29, 1.82) is 0 Å². The molecule has 0 saturated carbocycles. The Hall–Kier alpha value is -1.89. The molecule has 0 radical (unpaired) electrons. The SMILES string of the molecule is CCCCCCCCCCCCc1ccc(C(OC(C)=O)C(COC(C)=O)NC(C)=O)s1. The van der Waals surface area contributed by atoms with Crippen LogP contribution in [0.3, 0.4) is 0 Å². The first-order valence-corrected chi connectivity index (χ1v) is 12.8. The van der Waals surface area contributed by atoms with E-state index < -0.39 is 24.1 Å². The van der Waals surface area contributed by atoms with Gasteiger partial charge in [0.25, 0.3) is 0 Å². The number of nitrogens with one attached hydrogen (secondary N) is 1. The second-order valence-corrected chi connectivity index (χ2v) is 9.58. The molecule has 182 valence electrons. The summed E-state index contributed by atoms with van der Waals surface area (Å²) >= 11 is 1.58. The Morgan fingerprint density at radius 2 is 1.47 bits per heavy atom. The van der Waals surface area contributed by atoms with E-state index in [1.54, 1.807) is 11.3 Å². The van der Waals surface area contributed by atoms with Gasteiger partial charge in [0.2, 0.25) is 5.91 Å². The van der Waals surface area contributed by atoms with Gasteiger partial charge in [0.05, 0.1) is 0 Å². The number of ether oxygens (including phenoxy) is 2. The fourth-order valence-corrected chi connectivity index (χ4v) is 4.81.